The summed E-state index contributed by atoms with van der Waals surface area (Å²) in [7, 11) is 0. The molecule has 0 aliphatic carbocycles. The molecule has 2 aromatic heterocycles. The van der Waals surface area contributed by atoms with E-state index in [1.54, 1.807) is 0 Å². The topological polar surface area (TPSA) is 79.8 Å². The van der Waals surface area contributed by atoms with Crippen molar-refractivity contribution in [2.24, 2.45) is 0 Å². The fourth-order valence-corrected chi connectivity index (χ4v) is 4.08. The maximum Gasteiger partial charge on any atom is 0.151 e. The van der Waals surface area contributed by atoms with Gasteiger partial charge in [0, 0.05) is 25.6 Å². The van der Waals surface area contributed by atoms with Crippen LogP contribution in [0.5, 0.6) is 0 Å². The highest BCUT2D eigenvalue weighted by Crippen LogP contribution is 2.24. The molecule has 0 bridgehead atoms. The molecule has 0 fully saturated rings. The summed E-state index contributed by atoms with van der Waals surface area (Å²) in [5.41, 5.74) is 8.98. The van der Waals surface area contributed by atoms with Crippen molar-refractivity contribution in [2.75, 3.05) is 17.2 Å². The molecule has 128 valence electrons. The molecule has 0 saturated heterocycles. The van der Waals surface area contributed by atoms with Crippen LogP contribution < -0.4 is 5.73 Å². The first-order valence-corrected chi connectivity index (χ1v) is 10.0. The van der Waals surface area contributed by atoms with Crippen LogP contribution in [0.1, 0.15) is 50.9 Å². The quantitative estimate of drug-likeness (QED) is 0.713. The van der Waals surface area contributed by atoms with Crippen LogP contribution in [0, 0.1) is 6.92 Å². The third-order valence-electron chi connectivity index (χ3n) is 4.01. The summed E-state index contributed by atoms with van der Waals surface area (Å²) in [5, 5.41) is 0. The second kappa shape index (κ2) is 8.55. The number of anilines is 1. The Labute approximate surface area is 141 Å². The number of aryl methyl sites for hydroxylation is 3. The molecule has 6 heteroatoms. The minimum absolute atomic E-state index is 0.494. The summed E-state index contributed by atoms with van der Waals surface area (Å²) in [4.78, 5) is 8.93. The van der Waals surface area contributed by atoms with Gasteiger partial charge in [-0.25, -0.2) is 9.97 Å². The molecule has 0 saturated carbocycles. The minimum Gasteiger partial charge on any atom is -0.616 e. The molecule has 5 nitrogen and oxygen atoms in total. The highest BCUT2D eigenvalue weighted by atomic mass is 32.2. The zero-order valence-electron chi connectivity index (χ0n) is 14.5. The van der Waals surface area contributed by atoms with Crippen molar-refractivity contribution in [3.63, 3.8) is 0 Å². The van der Waals surface area contributed by atoms with Gasteiger partial charge in [-0.3, -0.25) is 0 Å². The van der Waals surface area contributed by atoms with E-state index in [-0.39, 0.29) is 0 Å². The predicted molar refractivity (Wildman–Crippen MR) is 98.1 cm³/mol. The lowest BCUT2D eigenvalue weighted by atomic mass is 10.2. The van der Waals surface area contributed by atoms with Gasteiger partial charge in [-0.2, -0.15) is 0 Å². The van der Waals surface area contributed by atoms with E-state index in [4.69, 9.17) is 10.7 Å². The third kappa shape index (κ3) is 4.38. The molecule has 0 aliphatic heterocycles. The Kier molecular flexibility index (Phi) is 6.72. The standard InChI is InChI=1S/C17H28N4OS/c1-4-6-10-23(22)11-7-9-21-14(8-5-2)20-15-16(21)13(3)12-19-17(15)18/h12H,4-11H2,1-3H3,(H2,18,19). The zero-order chi connectivity index (χ0) is 16.8. The second-order valence-electron chi connectivity index (χ2n) is 6.01. The van der Waals surface area contributed by atoms with E-state index in [1.807, 2.05) is 13.1 Å². The van der Waals surface area contributed by atoms with Crippen molar-refractivity contribution in [1.29, 1.82) is 0 Å². The van der Waals surface area contributed by atoms with Crippen LogP contribution in [0.2, 0.25) is 0 Å². The maximum atomic E-state index is 12.0. The molecule has 0 spiro atoms. The van der Waals surface area contributed by atoms with E-state index in [0.29, 0.717) is 5.82 Å². The number of imidazole rings is 1. The summed E-state index contributed by atoms with van der Waals surface area (Å²) in [6.45, 7) is 7.17. The van der Waals surface area contributed by atoms with Gasteiger partial charge in [0.2, 0.25) is 0 Å². The number of unbranched alkanes of at least 4 members (excludes halogenated alkanes) is 1. The smallest absolute Gasteiger partial charge is 0.151 e. The van der Waals surface area contributed by atoms with Crippen molar-refractivity contribution < 1.29 is 4.55 Å². The lowest BCUT2D eigenvalue weighted by molar-refractivity contribution is 0.580. The first-order valence-electron chi connectivity index (χ1n) is 8.53. The van der Waals surface area contributed by atoms with Crippen molar-refractivity contribution in [3.05, 3.63) is 17.6 Å². The molecule has 0 aliphatic rings. The summed E-state index contributed by atoms with van der Waals surface area (Å²) >= 11 is -0.706. The zero-order valence-corrected chi connectivity index (χ0v) is 15.3. The molecule has 2 aromatic rings. The fraction of sp³-hybridized carbons (Fsp3) is 0.647. The van der Waals surface area contributed by atoms with Crippen LogP contribution in [-0.2, 0) is 24.1 Å². The number of nitrogens with two attached hydrogens (primary N) is 1. The number of hydrogen-bond donors (Lipinski definition) is 1. The van der Waals surface area contributed by atoms with Crippen LogP contribution in [0.3, 0.4) is 0 Å². The Bertz CT molecular complexity index is 641. The van der Waals surface area contributed by atoms with E-state index in [2.05, 4.69) is 23.4 Å². The molecule has 1 atom stereocenters. The number of nitrogens with zero attached hydrogens (tertiary/aromatic N) is 3. The number of aromatic nitrogens is 3. The van der Waals surface area contributed by atoms with Gasteiger partial charge in [0.1, 0.15) is 22.8 Å². The van der Waals surface area contributed by atoms with E-state index in [1.165, 1.54) is 0 Å². The fourth-order valence-electron chi connectivity index (χ4n) is 2.81. The van der Waals surface area contributed by atoms with Crippen LogP contribution in [0.4, 0.5) is 5.82 Å². The lowest BCUT2D eigenvalue weighted by Crippen LogP contribution is -2.14. The predicted octanol–water partition coefficient (Wildman–Crippen LogP) is 3.21. The first kappa shape index (κ1) is 18.1. The van der Waals surface area contributed by atoms with E-state index >= 15 is 0 Å². The molecule has 0 aromatic carbocycles. The van der Waals surface area contributed by atoms with Gasteiger partial charge in [0.15, 0.2) is 5.82 Å². The Morgan fingerprint density at radius 1 is 1.22 bits per heavy atom. The summed E-state index contributed by atoms with van der Waals surface area (Å²) in [5.74, 6) is 3.13. The maximum absolute atomic E-state index is 12.0. The minimum atomic E-state index is -0.706. The van der Waals surface area contributed by atoms with Gasteiger partial charge in [-0.1, -0.05) is 31.4 Å². The normalized spacial score (nSPS) is 12.9. The van der Waals surface area contributed by atoms with Crippen molar-refractivity contribution >= 4 is 28.0 Å². The molecule has 0 amide bonds. The van der Waals surface area contributed by atoms with Crippen molar-refractivity contribution in [2.45, 2.75) is 59.4 Å². The molecule has 1 unspecified atom stereocenters. The van der Waals surface area contributed by atoms with Gasteiger partial charge < -0.3 is 14.9 Å². The summed E-state index contributed by atoms with van der Waals surface area (Å²) in [6, 6.07) is 0. The average Bonchev–Trinajstić information content (AvgIpc) is 2.89. The summed E-state index contributed by atoms with van der Waals surface area (Å²) in [6.07, 6.45) is 6.82. The van der Waals surface area contributed by atoms with Crippen LogP contribution in [0.15, 0.2) is 6.20 Å². The Balaban J connectivity index is 2.17. The Hall–Kier alpha value is -1.27. The molecular weight excluding hydrogens is 308 g/mol. The number of rotatable bonds is 9. The van der Waals surface area contributed by atoms with Crippen LogP contribution >= 0.6 is 0 Å². The van der Waals surface area contributed by atoms with Crippen molar-refractivity contribution in [3.8, 4) is 0 Å². The van der Waals surface area contributed by atoms with E-state index < -0.39 is 11.2 Å². The van der Waals surface area contributed by atoms with Gasteiger partial charge >= 0.3 is 0 Å². The number of fused-ring (bicyclic) bond motifs is 1. The monoisotopic (exact) mass is 336 g/mol. The lowest BCUT2D eigenvalue weighted by Gasteiger charge is -2.13. The van der Waals surface area contributed by atoms with Gasteiger partial charge in [-0.15, -0.1) is 0 Å². The van der Waals surface area contributed by atoms with E-state index in [9.17, 15) is 4.55 Å². The molecule has 23 heavy (non-hydrogen) atoms. The van der Waals surface area contributed by atoms with Gasteiger partial charge in [0.05, 0.1) is 5.52 Å². The van der Waals surface area contributed by atoms with E-state index in [0.717, 1.165) is 72.6 Å². The van der Waals surface area contributed by atoms with Crippen LogP contribution in [0.25, 0.3) is 11.0 Å². The highest BCUT2D eigenvalue weighted by molar-refractivity contribution is 7.91. The first-order chi connectivity index (χ1) is 11.1. The molecule has 2 heterocycles. The Morgan fingerprint density at radius 3 is 2.65 bits per heavy atom. The number of pyridine rings is 1. The number of hydrogen-bond acceptors (Lipinski definition) is 4. The summed E-state index contributed by atoms with van der Waals surface area (Å²) < 4.78 is 14.2. The molecule has 0 radical (unpaired) electrons. The largest absolute Gasteiger partial charge is 0.616 e. The number of nitrogen functional groups attached to an aromatic ring is 1. The molecule has 2 rings (SSSR count). The van der Waals surface area contributed by atoms with Gasteiger partial charge in [0.25, 0.3) is 0 Å². The van der Waals surface area contributed by atoms with Gasteiger partial charge in [-0.05, 0) is 25.3 Å². The SMILES string of the molecule is CCCC[S+]([O-])CCCn1c(CCC)nc2c(N)ncc(C)c21. The highest BCUT2D eigenvalue weighted by Gasteiger charge is 2.16. The van der Waals surface area contributed by atoms with Crippen LogP contribution in [-0.4, -0.2) is 30.6 Å². The second-order valence-corrected chi connectivity index (χ2v) is 7.70. The van der Waals surface area contributed by atoms with Crippen molar-refractivity contribution in [1.82, 2.24) is 14.5 Å². The Morgan fingerprint density at radius 2 is 1.96 bits per heavy atom. The molecular formula is C17H28N4OS. The average molecular weight is 337 g/mol. The third-order valence-corrected chi connectivity index (χ3v) is 5.50. The molecule has 2 N–H and O–H groups in total.